The van der Waals surface area contributed by atoms with Crippen molar-refractivity contribution in [2.24, 2.45) is 0 Å². The Bertz CT molecular complexity index is 532. The van der Waals surface area contributed by atoms with Crippen molar-refractivity contribution < 1.29 is 0 Å². The van der Waals surface area contributed by atoms with E-state index in [2.05, 4.69) is 27.4 Å². The van der Waals surface area contributed by atoms with Gasteiger partial charge in [0.25, 0.3) is 0 Å². The van der Waals surface area contributed by atoms with Gasteiger partial charge in [0.1, 0.15) is 5.65 Å². The smallest absolute Gasteiger partial charge is 0.218 e. The Morgan fingerprint density at radius 1 is 1.40 bits per heavy atom. The molecular formula is C12H13N3. The van der Waals surface area contributed by atoms with E-state index in [1.54, 1.807) is 0 Å². The van der Waals surface area contributed by atoms with Gasteiger partial charge in [0.2, 0.25) is 6.54 Å². The van der Waals surface area contributed by atoms with Crippen LogP contribution in [0.1, 0.15) is 17.0 Å². The molecule has 0 radical (unpaired) electrons. The summed E-state index contributed by atoms with van der Waals surface area (Å²) in [5.41, 5.74) is 4.42. The van der Waals surface area contributed by atoms with Gasteiger partial charge in [0.15, 0.2) is 0 Å². The third-order valence-electron chi connectivity index (χ3n) is 2.67. The maximum atomic E-state index is 6.77. The average molecular weight is 199 g/mol. The summed E-state index contributed by atoms with van der Waals surface area (Å²) in [5, 5.41) is 0. The first-order chi connectivity index (χ1) is 7.22. The molecule has 0 spiro atoms. The Kier molecular flexibility index (Phi) is 2.42. The predicted octanol–water partition coefficient (Wildman–Crippen LogP) is 2.41. The van der Waals surface area contributed by atoms with Crippen LogP contribution in [0.25, 0.3) is 10.5 Å². The van der Waals surface area contributed by atoms with Gasteiger partial charge in [-0.1, -0.05) is 6.07 Å². The molecule has 0 N–H and O–H groups in total. The lowest BCUT2D eigenvalue weighted by Gasteiger charge is -2.00. The minimum atomic E-state index is 0.554. The highest BCUT2D eigenvalue weighted by Crippen LogP contribution is 2.12. The number of hydrogen-bond acceptors (Lipinski definition) is 1. The molecular weight excluding hydrogens is 186 g/mol. The Labute approximate surface area is 89.2 Å². The van der Waals surface area contributed by atoms with Gasteiger partial charge in [0.05, 0.1) is 5.69 Å². The van der Waals surface area contributed by atoms with E-state index >= 15 is 0 Å². The zero-order valence-electron chi connectivity index (χ0n) is 8.99. The van der Waals surface area contributed by atoms with Gasteiger partial charge in [-0.3, -0.25) is 0 Å². The quantitative estimate of drug-likeness (QED) is 0.681. The van der Waals surface area contributed by atoms with Crippen molar-refractivity contribution in [1.82, 2.24) is 9.38 Å². The molecule has 2 rings (SSSR count). The van der Waals surface area contributed by atoms with Crippen LogP contribution in [0.15, 0.2) is 18.3 Å². The summed E-state index contributed by atoms with van der Waals surface area (Å²) in [6.07, 6.45) is 2.89. The normalized spacial score (nSPS) is 10.5. The van der Waals surface area contributed by atoms with E-state index in [0.29, 0.717) is 6.54 Å². The molecule has 0 saturated heterocycles. The fraction of sp³-hybridized carbons (Fsp3) is 0.333. The van der Waals surface area contributed by atoms with Crippen LogP contribution < -0.4 is 0 Å². The van der Waals surface area contributed by atoms with E-state index in [9.17, 15) is 0 Å². The van der Waals surface area contributed by atoms with Crippen LogP contribution in [-0.4, -0.2) is 15.9 Å². The molecule has 0 saturated carbocycles. The van der Waals surface area contributed by atoms with Crippen molar-refractivity contribution in [3.8, 4) is 0 Å². The van der Waals surface area contributed by atoms with Crippen LogP contribution in [0.5, 0.6) is 0 Å². The largest absolute Gasteiger partial charge is 0.317 e. The number of pyridine rings is 1. The Morgan fingerprint density at radius 2 is 2.20 bits per heavy atom. The zero-order chi connectivity index (χ0) is 10.8. The number of aryl methyl sites for hydroxylation is 2. The molecule has 2 aromatic heterocycles. The first-order valence-electron chi connectivity index (χ1n) is 5.00. The summed E-state index contributed by atoms with van der Waals surface area (Å²) in [6, 6.07) is 4.06. The molecule has 0 atom stereocenters. The van der Waals surface area contributed by atoms with Crippen LogP contribution in [0.2, 0.25) is 0 Å². The highest BCUT2D eigenvalue weighted by atomic mass is 15.0. The Hall–Kier alpha value is -1.82. The lowest BCUT2D eigenvalue weighted by Crippen LogP contribution is -1.93. The van der Waals surface area contributed by atoms with Gasteiger partial charge in [0, 0.05) is 18.3 Å². The summed E-state index contributed by atoms with van der Waals surface area (Å²) in [5.74, 6) is 0. The van der Waals surface area contributed by atoms with Crippen LogP contribution in [-0.2, 0) is 6.42 Å². The second-order valence-corrected chi connectivity index (χ2v) is 3.68. The SMILES string of the molecule is [C-]#[N+]CCc1ccc2nc(C)c(C)n2c1. The highest BCUT2D eigenvalue weighted by molar-refractivity contribution is 5.44. The average Bonchev–Trinajstić information content (AvgIpc) is 2.52. The van der Waals surface area contributed by atoms with Crippen molar-refractivity contribution in [2.75, 3.05) is 6.54 Å². The summed E-state index contributed by atoms with van der Waals surface area (Å²) in [4.78, 5) is 7.80. The number of rotatable bonds is 2. The molecule has 0 fully saturated rings. The molecule has 2 aromatic rings. The molecule has 15 heavy (non-hydrogen) atoms. The summed E-state index contributed by atoms with van der Waals surface area (Å²) < 4.78 is 2.09. The third-order valence-corrected chi connectivity index (χ3v) is 2.67. The molecule has 0 bridgehead atoms. The molecule has 0 aliphatic rings. The molecule has 0 amide bonds. The second-order valence-electron chi connectivity index (χ2n) is 3.68. The van der Waals surface area contributed by atoms with Gasteiger partial charge in [-0.05, 0) is 25.5 Å². The summed E-state index contributed by atoms with van der Waals surface area (Å²) >= 11 is 0. The highest BCUT2D eigenvalue weighted by Gasteiger charge is 2.04. The minimum absolute atomic E-state index is 0.554. The van der Waals surface area contributed by atoms with Gasteiger partial charge in [-0.15, -0.1) is 0 Å². The van der Waals surface area contributed by atoms with Crippen molar-refractivity contribution in [3.63, 3.8) is 0 Å². The third kappa shape index (κ3) is 1.71. The monoisotopic (exact) mass is 199 g/mol. The minimum Gasteiger partial charge on any atom is -0.317 e. The molecule has 0 unspecified atom stereocenters. The molecule has 3 nitrogen and oxygen atoms in total. The Balaban J connectivity index is 2.46. The summed E-state index contributed by atoms with van der Waals surface area (Å²) in [7, 11) is 0. The lowest BCUT2D eigenvalue weighted by molar-refractivity contribution is 1.01. The first-order valence-corrected chi connectivity index (χ1v) is 5.00. The number of nitrogens with zero attached hydrogens (tertiary/aromatic N) is 3. The number of fused-ring (bicyclic) bond motifs is 1. The van der Waals surface area contributed by atoms with Crippen molar-refractivity contribution in [2.45, 2.75) is 20.3 Å². The van der Waals surface area contributed by atoms with E-state index in [0.717, 1.165) is 17.8 Å². The molecule has 0 aromatic carbocycles. The van der Waals surface area contributed by atoms with E-state index in [4.69, 9.17) is 6.57 Å². The van der Waals surface area contributed by atoms with Crippen molar-refractivity contribution >= 4 is 5.65 Å². The van der Waals surface area contributed by atoms with E-state index in [1.807, 2.05) is 19.1 Å². The molecule has 0 aliphatic heterocycles. The van der Waals surface area contributed by atoms with Crippen LogP contribution >= 0.6 is 0 Å². The molecule has 2 heterocycles. The van der Waals surface area contributed by atoms with E-state index in [-0.39, 0.29) is 0 Å². The maximum absolute atomic E-state index is 6.77. The summed E-state index contributed by atoms with van der Waals surface area (Å²) in [6.45, 7) is 11.4. The first kappa shape index (κ1) is 9.72. The van der Waals surface area contributed by atoms with Gasteiger partial charge < -0.3 is 9.25 Å². The van der Waals surface area contributed by atoms with Crippen molar-refractivity contribution in [3.05, 3.63) is 46.7 Å². The van der Waals surface area contributed by atoms with Crippen LogP contribution in [0, 0.1) is 20.4 Å². The molecule has 76 valence electrons. The molecule has 3 heteroatoms. The van der Waals surface area contributed by atoms with E-state index < -0.39 is 0 Å². The van der Waals surface area contributed by atoms with Crippen molar-refractivity contribution in [1.29, 1.82) is 0 Å². The molecule has 0 aliphatic carbocycles. The van der Waals surface area contributed by atoms with Gasteiger partial charge in [-0.25, -0.2) is 11.6 Å². The zero-order valence-corrected chi connectivity index (χ0v) is 8.99. The number of hydrogen-bond donors (Lipinski definition) is 0. The lowest BCUT2D eigenvalue weighted by atomic mass is 10.2. The maximum Gasteiger partial charge on any atom is 0.218 e. The fourth-order valence-electron chi connectivity index (χ4n) is 1.66. The second kappa shape index (κ2) is 3.74. The van der Waals surface area contributed by atoms with Crippen LogP contribution in [0.4, 0.5) is 0 Å². The predicted molar refractivity (Wildman–Crippen MR) is 59.8 cm³/mol. The van der Waals surface area contributed by atoms with E-state index in [1.165, 1.54) is 11.3 Å². The standard InChI is InChI=1S/C12H13N3/c1-9-10(2)15-8-11(6-7-13-3)4-5-12(15)14-9/h4-5,8H,6-7H2,1-2H3. The number of aromatic nitrogens is 2. The topological polar surface area (TPSA) is 21.7 Å². The Morgan fingerprint density at radius 3 is 2.93 bits per heavy atom. The van der Waals surface area contributed by atoms with Gasteiger partial charge in [-0.2, -0.15) is 0 Å². The fourth-order valence-corrected chi connectivity index (χ4v) is 1.66. The number of imidazole rings is 1. The van der Waals surface area contributed by atoms with Crippen LogP contribution in [0.3, 0.4) is 0 Å². The van der Waals surface area contributed by atoms with Gasteiger partial charge >= 0.3 is 0 Å².